The summed E-state index contributed by atoms with van der Waals surface area (Å²) in [5, 5.41) is 3.64. The van der Waals surface area contributed by atoms with E-state index in [4.69, 9.17) is 0 Å². The van der Waals surface area contributed by atoms with Gasteiger partial charge in [-0.15, -0.1) is 0 Å². The van der Waals surface area contributed by atoms with Crippen molar-refractivity contribution in [3.63, 3.8) is 0 Å². The summed E-state index contributed by atoms with van der Waals surface area (Å²) in [6.45, 7) is 7.76. The second-order valence-corrected chi connectivity index (χ2v) is 5.26. The molecule has 0 aliphatic heterocycles. The lowest BCUT2D eigenvalue weighted by Crippen LogP contribution is -2.44. The van der Waals surface area contributed by atoms with Crippen molar-refractivity contribution in [1.29, 1.82) is 0 Å². The van der Waals surface area contributed by atoms with Gasteiger partial charge in [0.2, 0.25) is 0 Å². The van der Waals surface area contributed by atoms with Gasteiger partial charge < -0.3 is 5.32 Å². The smallest absolute Gasteiger partial charge is 0.0484 e. The first-order chi connectivity index (χ1) is 8.15. The molecule has 2 nitrogen and oxygen atoms in total. The fraction of sp³-hybridized carbons (Fsp3) is 0.600. The largest absolute Gasteiger partial charge is 0.309 e. The third kappa shape index (κ3) is 2.38. The molecule has 2 heteroatoms. The van der Waals surface area contributed by atoms with Crippen LogP contribution in [-0.4, -0.2) is 30.6 Å². The van der Waals surface area contributed by atoms with Crippen molar-refractivity contribution in [3.8, 4) is 0 Å². The van der Waals surface area contributed by atoms with Gasteiger partial charge in [0.15, 0.2) is 0 Å². The normalized spacial score (nSPS) is 23.4. The SMILES string of the molecule is CCNC1c2ccccc2CC1N(C)C(C)C. The molecule has 1 aromatic carbocycles. The molecule has 0 radical (unpaired) electrons. The molecule has 1 aliphatic carbocycles. The van der Waals surface area contributed by atoms with E-state index in [-0.39, 0.29) is 0 Å². The molecule has 17 heavy (non-hydrogen) atoms. The maximum atomic E-state index is 3.64. The van der Waals surface area contributed by atoms with Crippen molar-refractivity contribution in [1.82, 2.24) is 10.2 Å². The van der Waals surface area contributed by atoms with Crippen LogP contribution in [0.4, 0.5) is 0 Å². The Kier molecular flexibility index (Phi) is 3.85. The van der Waals surface area contributed by atoms with Crippen molar-refractivity contribution in [2.75, 3.05) is 13.6 Å². The van der Waals surface area contributed by atoms with Crippen LogP contribution in [0.5, 0.6) is 0 Å². The molecule has 1 aliphatic rings. The molecular weight excluding hydrogens is 208 g/mol. The summed E-state index contributed by atoms with van der Waals surface area (Å²) in [6.07, 6.45) is 1.17. The van der Waals surface area contributed by atoms with Crippen LogP contribution in [0.2, 0.25) is 0 Å². The van der Waals surface area contributed by atoms with Gasteiger partial charge in [-0.2, -0.15) is 0 Å². The fourth-order valence-corrected chi connectivity index (χ4v) is 2.80. The summed E-state index contributed by atoms with van der Waals surface area (Å²) in [5.41, 5.74) is 3.00. The average molecular weight is 232 g/mol. The summed E-state index contributed by atoms with van der Waals surface area (Å²) in [5.74, 6) is 0. The number of rotatable bonds is 4. The van der Waals surface area contributed by atoms with Gasteiger partial charge in [-0.05, 0) is 45.0 Å². The highest BCUT2D eigenvalue weighted by atomic mass is 15.2. The van der Waals surface area contributed by atoms with Gasteiger partial charge in [-0.25, -0.2) is 0 Å². The Bertz CT molecular complexity index is 373. The van der Waals surface area contributed by atoms with Crippen LogP contribution in [-0.2, 0) is 6.42 Å². The van der Waals surface area contributed by atoms with Gasteiger partial charge in [0, 0.05) is 18.1 Å². The number of nitrogens with zero attached hydrogens (tertiary/aromatic N) is 1. The minimum atomic E-state index is 0.489. The Hall–Kier alpha value is -0.860. The topological polar surface area (TPSA) is 15.3 Å². The standard InChI is InChI=1S/C15H24N2/c1-5-16-15-13-9-7-6-8-12(13)10-14(15)17(4)11(2)3/h6-9,11,14-16H,5,10H2,1-4H3. The van der Waals surface area contributed by atoms with E-state index in [0.29, 0.717) is 18.1 Å². The third-order valence-corrected chi connectivity index (χ3v) is 3.97. The molecule has 0 aromatic heterocycles. The Morgan fingerprint density at radius 2 is 2.06 bits per heavy atom. The lowest BCUT2D eigenvalue weighted by molar-refractivity contribution is 0.166. The van der Waals surface area contributed by atoms with E-state index in [1.165, 1.54) is 17.5 Å². The lowest BCUT2D eigenvalue weighted by Gasteiger charge is -2.33. The molecule has 94 valence electrons. The molecule has 1 aromatic rings. The number of nitrogens with one attached hydrogen (secondary N) is 1. The second-order valence-electron chi connectivity index (χ2n) is 5.26. The molecule has 2 atom stereocenters. The van der Waals surface area contributed by atoms with Gasteiger partial charge >= 0.3 is 0 Å². The van der Waals surface area contributed by atoms with Crippen molar-refractivity contribution in [3.05, 3.63) is 35.4 Å². The van der Waals surface area contributed by atoms with Crippen molar-refractivity contribution >= 4 is 0 Å². The van der Waals surface area contributed by atoms with E-state index >= 15 is 0 Å². The fourth-order valence-electron chi connectivity index (χ4n) is 2.80. The number of hydrogen-bond acceptors (Lipinski definition) is 2. The molecule has 2 rings (SSSR count). The van der Waals surface area contributed by atoms with Crippen molar-refractivity contribution < 1.29 is 0 Å². The molecule has 0 bridgehead atoms. The first kappa shape index (κ1) is 12.6. The van der Waals surface area contributed by atoms with Crippen LogP contribution in [0.1, 0.15) is 37.9 Å². The Morgan fingerprint density at radius 3 is 2.71 bits per heavy atom. The quantitative estimate of drug-likeness (QED) is 0.858. The van der Waals surface area contributed by atoms with E-state index in [2.05, 4.69) is 62.3 Å². The van der Waals surface area contributed by atoms with Gasteiger partial charge in [0.1, 0.15) is 0 Å². The summed E-state index contributed by atoms with van der Waals surface area (Å²) in [7, 11) is 2.24. The third-order valence-electron chi connectivity index (χ3n) is 3.97. The molecule has 0 saturated heterocycles. The zero-order valence-electron chi connectivity index (χ0n) is 11.4. The van der Waals surface area contributed by atoms with Crippen LogP contribution in [0, 0.1) is 0 Å². The first-order valence-electron chi connectivity index (χ1n) is 6.68. The predicted molar refractivity (Wildman–Crippen MR) is 73.3 cm³/mol. The minimum absolute atomic E-state index is 0.489. The molecule has 0 fully saturated rings. The number of hydrogen-bond donors (Lipinski definition) is 1. The Labute approximate surface area is 105 Å². The van der Waals surface area contributed by atoms with E-state index in [9.17, 15) is 0 Å². The summed E-state index contributed by atoms with van der Waals surface area (Å²) >= 11 is 0. The number of likely N-dealkylation sites (N-methyl/N-ethyl adjacent to an activating group) is 2. The van der Waals surface area contributed by atoms with Crippen LogP contribution in [0.15, 0.2) is 24.3 Å². The molecule has 0 amide bonds. The molecule has 2 unspecified atom stereocenters. The van der Waals surface area contributed by atoms with Gasteiger partial charge in [-0.3, -0.25) is 4.90 Å². The lowest BCUT2D eigenvalue weighted by atomic mass is 10.1. The molecule has 0 saturated carbocycles. The van der Waals surface area contributed by atoms with Crippen LogP contribution in [0.25, 0.3) is 0 Å². The summed E-state index contributed by atoms with van der Waals surface area (Å²) < 4.78 is 0. The molecule has 0 heterocycles. The number of benzene rings is 1. The monoisotopic (exact) mass is 232 g/mol. The van der Waals surface area contributed by atoms with E-state index < -0.39 is 0 Å². The van der Waals surface area contributed by atoms with Crippen LogP contribution in [0.3, 0.4) is 0 Å². The average Bonchev–Trinajstić information content (AvgIpc) is 2.68. The van der Waals surface area contributed by atoms with Crippen molar-refractivity contribution in [2.24, 2.45) is 0 Å². The highest BCUT2D eigenvalue weighted by Gasteiger charge is 2.34. The van der Waals surface area contributed by atoms with Crippen molar-refractivity contribution in [2.45, 2.75) is 45.3 Å². The minimum Gasteiger partial charge on any atom is -0.309 e. The zero-order valence-corrected chi connectivity index (χ0v) is 11.4. The van der Waals surface area contributed by atoms with E-state index in [1.54, 1.807) is 0 Å². The maximum absolute atomic E-state index is 3.64. The highest BCUT2D eigenvalue weighted by Crippen LogP contribution is 2.34. The summed E-state index contributed by atoms with van der Waals surface area (Å²) in [6, 6.07) is 10.5. The Morgan fingerprint density at radius 1 is 1.35 bits per heavy atom. The highest BCUT2D eigenvalue weighted by molar-refractivity contribution is 5.37. The Balaban J connectivity index is 2.26. The summed E-state index contributed by atoms with van der Waals surface area (Å²) in [4.78, 5) is 2.49. The molecular formula is C15H24N2. The molecule has 0 spiro atoms. The van der Waals surface area contributed by atoms with Gasteiger partial charge in [0.05, 0.1) is 0 Å². The molecule has 1 N–H and O–H groups in total. The van der Waals surface area contributed by atoms with Crippen LogP contribution < -0.4 is 5.32 Å². The van der Waals surface area contributed by atoms with E-state index in [1.807, 2.05) is 0 Å². The second kappa shape index (κ2) is 5.19. The van der Waals surface area contributed by atoms with E-state index in [0.717, 1.165) is 6.54 Å². The first-order valence-corrected chi connectivity index (χ1v) is 6.68. The zero-order chi connectivity index (χ0) is 12.4. The number of fused-ring (bicyclic) bond motifs is 1. The predicted octanol–water partition coefficient (Wildman–Crippen LogP) is 2.60. The van der Waals surface area contributed by atoms with Crippen LogP contribution >= 0.6 is 0 Å². The van der Waals surface area contributed by atoms with Gasteiger partial charge in [0.25, 0.3) is 0 Å². The van der Waals surface area contributed by atoms with Gasteiger partial charge in [-0.1, -0.05) is 31.2 Å². The maximum Gasteiger partial charge on any atom is 0.0484 e.